The third-order valence-electron chi connectivity index (χ3n) is 11.0. The summed E-state index contributed by atoms with van der Waals surface area (Å²) < 4.78 is 11.2. The minimum atomic E-state index is -1.57. The van der Waals surface area contributed by atoms with E-state index in [2.05, 4.69) is 67.8 Å². The summed E-state index contributed by atoms with van der Waals surface area (Å²) in [5.74, 6) is -0.196. The van der Waals surface area contributed by atoms with E-state index in [4.69, 9.17) is 9.47 Å². The number of carbonyl (C=O) groups excluding carboxylic acids is 1. The van der Waals surface area contributed by atoms with Crippen molar-refractivity contribution in [3.8, 4) is 0 Å². The number of unbranched alkanes of at least 4 members (excludes halogenated alkanes) is 21. The molecule has 0 aromatic heterocycles. The van der Waals surface area contributed by atoms with Gasteiger partial charge >= 0.3 is 0 Å². The minimum Gasteiger partial charge on any atom is -0.394 e. The van der Waals surface area contributed by atoms with Crippen LogP contribution in [0.4, 0.5) is 0 Å². The van der Waals surface area contributed by atoms with Crippen LogP contribution in [-0.2, 0) is 14.3 Å². The molecular weight excluding hydrogens is 743 g/mol. The van der Waals surface area contributed by atoms with Crippen molar-refractivity contribution in [1.29, 1.82) is 0 Å². The number of rotatable bonds is 39. The molecule has 0 aromatic carbocycles. The van der Waals surface area contributed by atoms with Gasteiger partial charge in [-0.1, -0.05) is 177 Å². The fraction of sp³-hybridized carbons (Fsp3) is 0.780. The summed E-state index contributed by atoms with van der Waals surface area (Å²) in [6.07, 6.45) is 45.7. The molecule has 7 atom stereocenters. The number of nitrogens with one attached hydrogen (secondary N) is 1. The van der Waals surface area contributed by atoms with E-state index in [0.717, 1.165) is 64.2 Å². The summed E-state index contributed by atoms with van der Waals surface area (Å²) in [7, 11) is 0. The quantitative estimate of drug-likeness (QED) is 0.0265. The second-order valence-electron chi connectivity index (χ2n) is 16.5. The Morgan fingerprint density at radius 3 is 1.58 bits per heavy atom. The molecule has 6 N–H and O–H groups in total. The Labute approximate surface area is 360 Å². The average molecular weight is 832 g/mol. The fourth-order valence-corrected chi connectivity index (χ4v) is 7.17. The molecule has 0 saturated carbocycles. The van der Waals surface area contributed by atoms with Gasteiger partial charge in [0.05, 0.1) is 25.4 Å². The molecule has 1 fully saturated rings. The van der Waals surface area contributed by atoms with Gasteiger partial charge in [-0.25, -0.2) is 0 Å². The third-order valence-corrected chi connectivity index (χ3v) is 11.0. The van der Waals surface area contributed by atoms with E-state index in [-0.39, 0.29) is 12.5 Å². The second kappa shape index (κ2) is 40.0. The lowest BCUT2D eigenvalue weighted by Crippen LogP contribution is -2.60. The second-order valence-corrected chi connectivity index (χ2v) is 16.5. The van der Waals surface area contributed by atoms with Crippen molar-refractivity contribution < 1.29 is 39.8 Å². The van der Waals surface area contributed by atoms with Crippen molar-refractivity contribution in [1.82, 2.24) is 5.32 Å². The summed E-state index contributed by atoms with van der Waals surface area (Å²) in [5, 5.41) is 54.1. The number of carbonyl (C=O) groups is 1. The lowest BCUT2D eigenvalue weighted by Gasteiger charge is -2.40. The van der Waals surface area contributed by atoms with Crippen molar-refractivity contribution in [3.63, 3.8) is 0 Å². The molecule has 1 aliphatic rings. The zero-order valence-electron chi connectivity index (χ0n) is 37.5. The highest BCUT2D eigenvalue weighted by Crippen LogP contribution is 2.22. The summed E-state index contributed by atoms with van der Waals surface area (Å²) in [5.41, 5.74) is 0. The summed E-state index contributed by atoms with van der Waals surface area (Å²) in [4.78, 5) is 12.9. The fourth-order valence-electron chi connectivity index (χ4n) is 7.17. The highest BCUT2D eigenvalue weighted by molar-refractivity contribution is 5.76. The number of aliphatic hydroxyl groups excluding tert-OH is 5. The highest BCUT2D eigenvalue weighted by Gasteiger charge is 2.44. The van der Waals surface area contributed by atoms with Gasteiger partial charge < -0.3 is 40.3 Å². The zero-order valence-corrected chi connectivity index (χ0v) is 37.5. The zero-order chi connectivity index (χ0) is 43.0. The molecule has 1 heterocycles. The lowest BCUT2D eigenvalue weighted by molar-refractivity contribution is -0.302. The molecule has 0 aliphatic carbocycles. The molecule has 0 spiro atoms. The van der Waals surface area contributed by atoms with E-state index in [1.807, 2.05) is 6.08 Å². The average Bonchev–Trinajstić information content (AvgIpc) is 3.23. The van der Waals surface area contributed by atoms with E-state index in [1.54, 1.807) is 6.08 Å². The van der Waals surface area contributed by atoms with Crippen LogP contribution in [0.3, 0.4) is 0 Å². The van der Waals surface area contributed by atoms with Crippen molar-refractivity contribution in [2.45, 2.75) is 236 Å². The standard InChI is InChI=1S/C50H89NO8/c1-3-5-7-9-11-13-15-16-17-18-19-20-21-22-23-24-25-26-27-28-30-32-34-36-38-40-46(54)51-43(42-58-50-49(57)48(56)47(55)45(41-52)59-50)44(53)39-37-35-33-31-29-14-12-10-8-6-4-2/h8,10,15-16,18-19,29,31,37,39,43-45,47-50,52-53,55-57H,3-7,9,11-14,17,20-28,30,32-36,38,40-42H2,1-2H3,(H,51,54)/b10-8+,16-15-,19-18-,31-29+,39-37+. The van der Waals surface area contributed by atoms with Crippen molar-refractivity contribution in [3.05, 3.63) is 60.8 Å². The van der Waals surface area contributed by atoms with Crippen LogP contribution >= 0.6 is 0 Å². The van der Waals surface area contributed by atoms with E-state index in [1.165, 1.54) is 109 Å². The topological polar surface area (TPSA) is 149 Å². The van der Waals surface area contributed by atoms with Gasteiger partial charge in [0.15, 0.2) is 6.29 Å². The Morgan fingerprint density at radius 2 is 1.05 bits per heavy atom. The molecule has 1 aliphatic heterocycles. The monoisotopic (exact) mass is 832 g/mol. The summed E-state index contributed by atoms with van der Waals surface area (Å²) in [6.45, 7) is 3.65. The molecule has 7 unspecified atom stereocenters. The first-order valence-electron chi connectivity index (χ1n) is 24.0. The Balaban J connectivity index is 2.25. The molecule has 0 aromatic rings. The van der Waals surface area contributed by atoms with Gasteiger partial charge in [0.1, 0.15) is 24.4 Å². The van der Waals surface area contributed by atoms with Crippen LogP contribution in [0.1, 0.15) is 194 Å². The van der Waals surface area contributed by atoms with Crippen LogP contribution in [0, 0.1) is 0 Å². The summed E-state index contributed by atoms with van der Waals surface area (Å²) in [6, 6.07) is -0.828. The number of aliphatic hydroxyl groups is 5. The Kier molecular flexibility index (Phi) is 37.2. The first-order valence-corrected chi connectivity index (χ1v) is 24.0. The van der Waals surface area contributed by atoms with E-state index < -0.39 is 49.5 Å². The van der Waals surface area contributed by atoms with Gasteiger partial charge in [0.2, 0.25) is 5.91 Å². The number of hydrogen-bond acceptors (Lipinski definition) is 8. The normalized spacial score (nSPS) is 21.2. The number of ether oxygens (including phenoxy) is 2. The van der Waals surface area contributed by atoms with Gasteiger partial charge in [-0.15, -0.1) is 0 Å². The van der Waals surface area contributed by atoms with Gasteiger partial charge in [0.25, 0.3) is 0 Å². The van der Waals surface area contributed by atoms with Crippen molar-refractivity contribution in [2.24, 2.45) is 0 Å². The molecular formula is C50H89NO8. The predicted molar refractivity (Wildman–Crippen MR) is 244 cm³/mol. The van der Waals surface area contributed by atoms with Gasteiger partial charge in [-0.3, -0.25) is 4.79 Å². The maximum Gasteiger partial charge on any atom is 0.220 e. The predicted octanol–water partition coefficient (Wildman–Crippen LogP) is 10.4. The Morgan fingerprint density at radius 1 is 0.576 bits per heavy atom. The molecule has 0 radical (unpaired) electrons. The van der Waals surface area contributed by atoms with Crippen LogP contribution in [0.25, 0.3) is 0 Å². The van der Waals surface area contributed by atoms with Gasteiger partial charge in [-0.05, 0) is 70.6 Å². The molecule has 1 rings (SSSR count). The third kappa shape index (κ3) is 30.6. The summed E-state index contributed by atoms with van der Waals surface area (Å²) >= 11 is 0. The van der Waals surface area contributed by atoms with E-state index in [9.17, 15) is 30.3 Å². The van der Waals surface area contributed by atoms with Crippen LogP contribution in [0.5, 0.6) is 0 Å². The Hall–Kier alpha value is -2.11. The maximum atomic E-state index is 12.9. The molecule has 59 heavy (non-hydrogen) atoms. The molecule has 342 valence electrons. The smallest absolute Gasteiger partial charge is 0.220 e. The van der Waals surface area contributed by atoms with Crippen molar-refractivity contribution >= 4 is 5.91 Å². The molecule has 1 saturated heterocycles. The lowest BCUT2D eigenvalue weighted by atomic mass is 9.99. The molecule has 9 heteroatoms. The first-order chi connectivity index (χ1) is 28.8. The van der Waals surface area contributed by atoms with Gasteiger partial charge in [0, 0.05) is 6.42 Å². The molecule has 9 nitrogen and oxygen atoms in total. The minimum absolute atomic E-state index is 0.196. The van der Waals surface area contributed by atoms with Crippen LogP contribution in [0.2, 0.25) is 0 Å². The number of amides is 1. The van der Waals surface area contributed by atoms with Crippen LogP contribution in [-0.4, -0.2) is 87.5 Å². The SMILES string of the molecule is CCC/C=C/CC/C=C/CC/C=C/C(O)C(COC1OC(CO)C(O)C(O)C1O)NC(=O)CCCCCCCCCCCCCCC/C=C\C/C=C\CCCCCCC. The Bertz CT molecular complexity index is 1100. The molecule has 1 amide bonds. The molecule has 0 bridgehead atoms. The first kappa shape index (κ1) is 54.9. The van der Waals surface area contributed by atoms with E-state index >= 15 is 0 Å². The number of hydrogen-bond donors (Lipinski definition) is 6. The van der Waals surface area contributed by atoms with Gasteiger partial charge in [-0.2, -0.15) is 0 Å². The van der Waals surface area contributed by atoms with Crippen LogP contribution < -0.4 is 5.32 Å². The number of allylic oxidation sites excluding steroid dienone is 9. The largest absolute Gasteiger partial charge is 0.394 e. The highest BCUT2D eigenvalue weighted by atomic mass is 16.7. The van der Waals surface area contributed by atoms with E-state index in [0.29, 0.717) is 6.42 Å². The maximum absolute atomic E-state index is 12.9. The van der Waals surface area contributed by atoms with Crippen LogP contribution in [0.15, 0.2) is 60.8 Å². The van der Waals surface area contributed by atoms with Crippen molar-refractivity contribution in [2.75, 3.05) is 13.2 Å².